The van der Waals surface area contributed by atoms with Crippen LogP contribution in [0.25, 0.3) is 22.3 Å². The van der Waals surface area contributed by atoms with E-state index in [0.29, 0.717) is 22.3 Å². The molecule has 0 atom stereocenters. The minimum atomic E-state index is -0.760. The van der Waals surface area contributed by atoms with Gasteiger partial charge in [0.25, 0.3) is 0 Å². The summed E-state index contributed by atoms with van der Waals surface area (Å²) in [5, 5.41) is 42.5. The van der Waals surface area contributed by atoms with Crippen LogP contribution in [0.2, 0.25) is 0 Å². The summed E-state index contributed by atoms with van der Waals surface area (Å²) < 4.78 is 0. The molecule has 0 amide bonds. The molecular weight excluding hydrogens is 472 g/mol. The molecule has 0 spiro atoms. The first-order valence-corrected chi connectivity index (χ1v) is 12.6. The fourth-order valence-electron chi connectivity index (χ4n) is 5.15. The Balaban J connectivity index is 1.84. The van der Waals surface area contributed by atoms with Gasteiger partial charge in [0.15, 0.2) is 0 Å². The van der Waals surface area contributed by atoms with Crippen LogP contribution in [0.5, 0.6) is 11.5 Å². The van der Waals surface area contributed by atoms with E-state index in [2.05, 4.69) is 6.92 Å². The van der Waals surface area contributed by atoms with Gasteiger partial charge in [0, 0.05) is 27.7 Å². The molecule has 4 N–H and O–H groups in total. The van der Waals surface area contributed by atoms with Crippen LogP contribution in [0.15, 0.2) is 115 Å². The maximum atomic E-state index is 11.1. The first-order valence-electron chi connectivity index (χ1n) is 12.6. The fourth-order valence-corrected chi connectivity index (χ4v) is 5.15. The van der Waals surface area contributed by atoms with Crippen molar-refractivity contribution in [2.75, 3.05) is 0 Å². The van der Waals surface area contributed by atoms with E-state index in [1.165, 1.54) is 0 Å². The van der Waals surface area contributed by atoms with Gasteiger partial charge in [-0.25, -0.2) is 0 Å². The van der Waals surface area contributed by atoms with Crippen LogP contribution in [0.1, 0.15) is 34.7 Å². The number of phenols is 2. The molecule has 0 bridgehead atoms. The third kappa shape index (κ3) is 4.45. The van der Waals surface area contributed by atoms with Crippen molar-refractivity contribution in [1.29, 1.82) is 0 Å². The van der Waals surface area contributed by atoms with Crippen molar-refractivity contribution in [3.8, 4) is 33.8 Å². The van der Waals surface area contributed by atoms with Crippen molar-refractivity contribution in [2.24, 2.45) is 0 Å². The largest absolute Gasteiger partial charge is 0.507 e. The monoisotopic (exact) mass is 502 g/mol. The van der Waals surface area contributed by atoms with Crippen LogP contribution in [-0.4, -0.2) is 20.4 Å². The minimum absolute atomic E-state index is 0.0459. The summed E-state index contributed by atoms with van der Waals surface area (Å²) in [5.41, 5.74) is 5.72. The van der Waals surface area contributed by atoms with Crippen LogP contribution >= 0.6 is 0 Å². The molecule has 0 heterocycles. The Bertz CT molecular complexity index is 1450. The second-order valence-corrected chi connectivity index (χ2v) is 9.60. The van der Waals surface area contributed by atoms with Crippen LogP contribution in [-0.2, 0) is 18.6 Å². The molecule has 4 nitrogen and oxygen atoms in total. The molecular formula is C34H30O4. The van der Waals surface area contributed by atoms with Crippen molar-refractivity contribution >= 4 is 0 Å². The zero-order valence-electron chi connectivity index (χ0n) is 21.2. The maximum absolute atomic E-state index is 11.1. The lowest BCUT2D eigenvalue weighted by Crippen LogP contribution is -2.26. The second-order valence-electron chi connectivity index (χ2n) is 9.60. The van der Waals surface area contributed by atoms with Crippen LogP contribution < -0.4 is 0 Å². The summed E-state index contributed by atoms with van der Waals surface area (Å²) in [6, 6.07) is 36.8. The van der Waals surface area contributed by atoms with Gasteiger partial charge in [0.05, 0.1) is 13.2 Å². The lowest BCUT2D eigenvalue weighted by atomic mass is 9.69. The Kier molecular flexibility index (Phi) is 7.01. The van der Waals surface area contributed by atoms with Crippen molar-refractivity contribution in [3.63, 3.8) is 0 Å². The normalized spacial score (nSPS) is 11.4. The third-order valence-electron chi connectivity index (χ3n) is 7.39. The van der Waals surface area contributed by atoms with E-state index in [0.717, 1.165) is 27.8 Å². The minimum Gasteiger partial charge on any atom is -0.507 e. The zero-order valence-corrected chi connectivity index (χ0v) is 21.2. The molecule has 4 heteroatoms. The van der Waals surface area contributed by atoms with Gasteiger partial charge in [-0.15, -0.1) is 0 Å². The fraction of sp³-hybridized carbons (Fsp3) is 0.118. The van der Waals surface area contributed by atoms with Crippen molar-refractivity contribution in [2.45, 2.75) is 25.6 Å². The Morgan fingerprint density at radius 3 is 1.24 bits per heavy atom. The Labute approximate surface area is 222 Å². The molecule has 5 aromatic rings. The van der Waals surface area contributed by atoms with E-state index in [1.54, 1.807) is 0 Å². The van der Waals surface area contributed by atoms with Gasteiger partial charge in [0.2, 0.25) is 0 Å². The standard InChI is InChI=1S/C34H30O4/c1-34(27-15-9-4-10-16-27,28-17-25(21-35)32(37)30(19-28)23-11-5-2-6-12-23)29-18-26(22-36)33(38)31(20-29)24-13-7-3-8-14-24/h2-20,35-38H,21-22H2,1H3. The number of aliphatic hydroxyl groups excluding tert-OH is 2. The lowest BCUT2D eigenvalue weighted by molar-refractivity contribution is 0.275. The molecule has 0 aliphatic carbocycles. The molecule has 0 aliphatic rings. The van der Waals surface area contributed by atoms with Gasteiger partial charge in [-0.1, -0.05) is 91.0 Å². The SMILES string of the molecule is CC(c1ccccc1)(c1cc(CO)c(O)c(-c2ccccc2)c1)c1cc(CO)c(O)c(-c2ccccc2)c1. The van der Waals surface area contributed by atoms with Crippen LogP contribution in [0.4, 0.5) is 0 Å². The third-order valence-corrected chi connectivity index (χ3v) is 7.39. The molecule has 0 aliphatic heterocycles. The highest BCUT2D eigenvalue weighted by Crippen LogP contribution is 2.46. The highest BCUT2D eigenvalue weighted by atomic mass is 16.3. The molecule has 0 unspecified atom stereocenters. The first kappa shape index (κ1) is 25.3. The average molecular weight is 503 g/mol. The maximum Gasteiger partial charge on any atom is 0.128 e. The molecule has 38 heavy (non-hydrogen) atoms. The van der Waals surface area contributed by atoms with E-state index in [9.17, 15) is 20.4 Å². The molecule has 0 aromatic heterocycles. The molecule has 5 rings (SSSR count). The number of hydrogen-bond donors (Lipinski definition) is 4. The van der Waals surface area contributed by atoms with E-state index in [1.807, 2.05) is 115 Å². The van der Waals surface area contributed by atoms with E-state index >= 15 is 0 Å². The van der Waals surface area contributed by atoms with Gasteiger partial charge < -0.3 is 20.4 Å². The molecule has 5 aromatic carbocycles. The van der Waals surface area contributed by atoms with Crippen molar-refractivity contribution in [1.82, 2.24) is 0 Å². The Hall–Kier alpha value is -4.38. The number of aliphatic hydroxyl groups is 2. The summed E-state index contributed by atoms with van der Waals surface area (Å²) in [7, 11) is 0. The lowest BCUT2D eigenvalue weighted by Gasteiger charge is -2.34. The topological polar surface area (TPSA) is 80.9 Å². The average Bonchev–Trinajstić information content (AvgIpc) is 2.98. The van der Waals surface area contributed by atoms with Crippen molar-refractivity contribution in [3.05, 3.63) is 143 Å². The number of aromatic hydroxyl groups is 2. The molecule has 0 fully saturated rings. The van der Waals surface area contributed by atoms with Crippen LogP contribution in [0, 0.1) is 0 Å². The van der Waals surface area contributed by atoms with Crippen molar-refractivity contribution < 1.29 is 20.4 Å². The number of hydrogen-bond acceptors (Lipinski definition) is 4. The molecule has 0 saturated carbocycles. The summed E-state index contributed by atoms with van der Waals surface area (Å²) in [6.45, 7) is 1.45. The van der Waals surface area contributed by atoms with Gasteiger partial charge in [0.1, 0.15) is 11.5 Å². The number of benzene rings is 5. The van der Waals surface area contributed by atoms with Gasteiger partial charge in [-0.3, -0.25) is 0 Å². The zero-order chi connectivity index (χ0) is 26.7. The highest BCUT2D eigenvalue weighted by Gasteiger charge is 2.34. The smallest absolute Gasteiger partial charge is 0.128 e. The van der Waals surface area contributed by atoms with E-state index in [-0.39, 0.29) is 24.7 Å². The van der Waals surface area contributed by atoms with Gasteiger partial charge in [-0.2, -0.15) is 0 Å². The van der Waals surface area contributed by atoms with Gasteiger partial charge in [-0.05, 0) is 59.0 Å². The summed E-state index contributed by atoms with van der Waals surface area (Å²) in [5.74, 6) is 0.0918. The van der Waals surface area contributed by atoms with Crippen LogP contribution in [0.3, 0.4) is 0 Å². The number of rotatable bonds is 7. The first-order chi connectivity index (χ1) is 18.5. The highest BCUT2D eigenvalue weighted by molar-refractivity contribution is 5.76. The Morgan fingerprint density at radius 2 is 0.868 bits per heavy atom. The Morgan fingerprint density at radius 1 is 0.500 bits per heavy atom. The van der Waals surface area contributed by atoms with E-state index in [4.69, 9.17) is 0 Å². The van der Waals surface area contributed by atoms with Gasteiger partial charge >= 0.3 is 0 Å². The second kappa shape index (κ2) is 10.5. The molecule has 190 valence electrons. The predicted octanol–water partition coefficient (Wildman–Crippen LogP) is 6.77. The molecule has 0 saturated heterocycles. The quantitative estimate of drug-likeness (QED) is 0.185. The summed E-state index contributed by atoms with van der Waals surface area (Å²) >= 11 is 0. The van der Waals surface area contributed by atoms with E-state index < -0.39 is 5.41 Å². The predicted molar refractivity (Wildman–Crippen MR) is 151 cm³/mol. The molecule has 0 radical (unpaired) electrons. The summed E-state index contributed by atoms with van der Waals surface area (Å²) in [4.78, 5) is 0. The summed E-state index contributed by atoms with van der Waals surface area (Å²) in [6.07, 6.45) is 0.